The SMILES string of the molecule is O=C(NCCCn1ccnc1)c1nnsc1NC(=O)N1CCCC[C@@H]1c1cccnc1. The molecule has 3 aromatic heterocycles. The molecule has 0 spiro atoms. The van der Waals surface area contributed by atoms with E-state index in [9.17, 15) is 9.59 Å². The van der Waals surface area contributed by atoms with Crippen molar-refractivity contribution >= 4 is 28.5 Å². The molecule has 1 atom stereocenters. The molecule has 1 aliphatic rings. The Morgan fingerprint density at radius 1 is 1.23 bits per heavy atom. The van der Waals surface area contributed by atoms with E-state index in [2.05, 4.69) is 30.2 Å². The zero-order valence-corrected chi connectivity index (χ0v) is 17.8. The first-order chi connectivity index (χ1) is 15.2. The first kappa shape index (κ1) is 20.9. The van der Waals surface area contributed by atoms with Crippen LogP contribution in [0.3, 0.4) is 0 Å². The lowest BCUT2D eigenvalue weighted by molar-refractivity contribution is 0.0948. The van der Waals surface area contributed by atoms with Gasteiger partial charge in [-0.15, -0.1) is 5.10 Å². The van der Waals surface area contributed by atoms with Crippen LogP contribution in [0.15, 0.2) is 43.2 Å². The van der Waals surface area contributed by atoms with Crippen molar-refractivity contribution in [1.29, 1.82) is 0 Å². The predicted molar refractivity (Wildman–Crippen MR) is 116 cm³/mol. The van der Waals surface area contributed by atoms with Crippen LogP contribution in [0.1, 0.15) is 47.8 Å². The molecule has 162 valence electrons. The maximum atomic E-state index is 13.0. The van der Waals surface area contributed by atoms with Gasteiger partial charge in [0.05, 0.1) is 12.4 Å². The Labute approximate surface area is 183 Å². The first-order valence-corrected chi connectivity index (χ1v) is 11.0. The Balaban J connectivity index is 1.35. The standard InChI is InChI=1S/C20H24N8O2S/c29-18(23-8-4-10-27-12-9-22-14-27)17-19(31-26-25-17)24-20(30)28-11-2-1-6-16(28)15-5-3-7-21-13-15/h3,5,7,9,12-14,16H,1-2,4,6,8,10-11H2,(H,23,29)(H,24,30)/t16-/m1/s1. The Morgan fingerprint density at radius 3 is 2.97 bits per heavy atom. The maximum absolute atomic E-state index is 13.0. The van der Waals surface area contributed by atoms with Gasteiger partial charge in [0.15, 0.2) is 10.7 Å². The molecule has 3 amide bonds. The number of rotatable bonds is 7. The number of aryl methyl sites for hydroxylation is 1. The molecular formula is C20H24N8O2S. The summed E-state index contributed by atoms with van der Waals surface area (Å²) in [5, 5.41) is 9.95. The number of hydrogen-bond acceptors (Lipinski definition) is 7. The summed E-state index contributed by atoms with van der Waals surface area (Å²) < 4.78 is 5.81. The smallest absolute Gasteiger partial charge is 0.323 e. The average molecular weight is 441 g/mol. The van der Waals surface area contributed by atoms with Crippen molar-refractivity contribution in [3.63, 3.8) is 0 Å². The van der Waals surface area contributed by atoms with E-state index in [0.717, 1.165) is 49.3 Å². The number of nitrogens with one attached hydrogen (secondary N) is 2. The normalized spacial score (nSPS) is 16.1. The van der Waals surface area contributed by atoms with Gasteiger partial charge in [-0.1, -0.05) is 10.6 Å². The van der Waals surface area contributed by atoms with Gasteiger partial charge in [0.25, 0.3) is 5.91 Å². The van der Waals surface area contributed by atoms with Gasteiger partial charge >= 0.3 is 6.03 Å². The van der Waals surface area contributed by atoms with Crippen molar-refractivity contribution in [2.45, 2.75) is 38.3 Å². The van der Waals surface area contributed by atoms with Crippen LogP contribution in [-0.2, 0) is 6.54 Å². The molecule has 0 saturated carbocycles. The fourth-order valence-corrected chi connectivity index (χ4v) is 4.21. The lowest BCUT2D eigenvalue weighted by atomic mass is 9.97. The fourth-order valence-electron chi connectivity index (χ4n) is 3.65. The zero-order chi connectivity index (χ0) is 21.5. The number of aromatic nitrogens is 5. The third kappa shape index (κ3) is 5.23. The number of nitrogens with zero attached hydrogens (tertiary/aromatic N) is 6. The van der Waals surface area contributed by atoms with Crippen molar-refractivity contribution in [2.75, 3.05) is 18.4 Å². The zero-order valence-electron chi connectivity index (χ0n) is 17.0. The second-order valence-electron chi connectivity index (χ2n) is 7.28. The lowest BCUT2D eigenvalue weighted by Gasteiger charge is -2.35. The molecule has 0 bridgehead atoms. The monoisotopic (exact) mass is 440 g/mol. The largest absolute Gasteiger partial charge is 0.350 e. The number of piperidine rings is 1. The molecule has 4 heterocycles. The molecule has 11 heteroatoms. The summed E-state index contributed by atoms with van der Waals surface area (Å²) in [6, 6.07) is 3.57. The van der Waals surface area contributed by atoms with E-state index < -0.39 is 0 Å². The fraction of sp³-hybridized carbons (Fsp3) is 0.400. The van der Waals surface area contributed by atoms with E-state index in [4.69, 9.17) is 0 Å². The number of carbonyl (C=O) groups excluding carboxylic acids is 2. The third-order valence-corrected chi connectivity index (χ3v) is 5.84. The second kappa shape index (κ2) is 10.1. The summed E-state index contributed by atoms with van der Waals surface area (Å²) in [4.78, 5) is 35.5. The minimum absolute atomic E-state index is 0.0382. The Kier molecular flexibility index (Phi) is 6.82. The van der Waals surface area contributed by atoms with E-state index >= 15 is 0 Å². The summed E-state index contributed by atoms with van der Waals surface area (Å²) >= 11 is 0.999. The average Bonchev–Trinajstić information content (AvgIpc) is 3.49. The van der Waals surface area contributed by atoms with Gasteiger partial charge in [0.1, 0.15) is 0 Å². The van der Waals surface area contributed by atoms with Crippen molar-refractivity contribution in [3.8, 4) is 0 Å². The molecular weight excluding hydrogens is 416 g/mol. The predicted octanol–water partition coefficient (Wildman–Crippen LogP) is 2.71. The summed E-state index contributed by atoms with van der Waals surface area (Å²) in [5.74, 6) is -0.350. The number of imidazole rings is 1. The first-order valence-electron chi connectivity index (χ1n) is 10.3. The van der Waals surface area contributed by atoms with E-state index in [1.807, 2.05) is 22.9 Å². The number of carbonyl (C=O) groups is 2. The Hall–Kier alpha value is -3.34. The molecule has 3 aromatic rings. The van der Waals surface area contributed by atoms with Crippen LogP contribution < -0.4 is 10.6 Å². The summed E-state index contributed by atoms with van der Waals surface area (Å²) in [7, 11) is 0. The van der Waals surface area contributed by atoms with Gasteiger partial charge in [-0.2, -0.15) is 0 Å². The molecule has 1 saturated heterocycles. The summed E-state index contributed by atoms with van der Waals surface area (Å²) in [6.45, 7) is 1.88. The number of amides is 3. The summed E-state index contributed by atoms with van der Waals surface area (Å²) in [5.41, 5.74) is 1.14. The highest BCUT2D eigenvalue weighted by atomic mass is 32.1. The second-order valence-corrected chi connectivity index (χ2v) is 8.04. The highest BCUT2D eigenvalue weighted by Gasteiger charge is 2.29. The molecule has 0 aliphatic carbocycles. The molecule has 1 fully saturated rings. The molecule has 10 nitrogen and oxygen atoms in total. The van der Waals surface area contributed by atoms with Crippen molar-refractivity contribution in [2.24, 2.45) is 0 Å². The molecule has 0 aromatic carbocycles. The van der Waals surface area contributed by atoms with Gasteiger partial charge < -0.3 is 14.8 Å². The van der Waals surface area contributed by atoms with E-state index in [0.29, 0.717) is 18.1 Å². The topological polar surface area (TPSA) is 118 Å². The van der Waals surface area contributed by atoms with E-state index in [-0.39, 0.29) is 23.7 Å². The van der Waals surface area contributed by atoms with Crippen LogP contribution >= 0.6 is 11.5 Å². The minimum atomic E-state index is -0.350. The highest BCUT2D eigenvalue weighted by Crippen LogP contribution is 2.31. The number of hydrogen-bond donors (Lipinski definition) is 2. The van der Waals surface area contributed by atoms with Gasteiger partial charge in [-0.3, -0.25) is 15.1 Å². The lowest BCUT2D eigenvalue weighted by Crippen LogP contribution is -2.41. The van der Waals surface area contributed by atoms with Crippen LogP contribution in [0.4, 0.5) is 9.80 Å². The Bertz CT molecular complexity index is 992. The van der Waals surface area contributed by atoms with Crippen LogP contribution in [0.2, 0.25) is 0 Å². The van der Waals surface area contributed by atoms with Crippen LogP contribution in [0.25, 0.3) is 0 Å². The van der Waals surface area contributed by atoms with Gasteiger partial charge in [-0.25, -0.2) is 9.78 Å². The van der Waals surface area contributed by atoms with Gasteiger partial charge in [-0.05, 0) is 37.3 Å². The van der Waals surface area contributed by atoms with E-state index in [1.54, 1.807) is 29.8 Å². The number of anilines is 1. The quantitative estimate of drug-likeness (QED) is 0.546. The van der Waals surface area contributed by atoms with Crippen LogP contribution in [-0.4, -0.2) is 54.0 Å². The molecule has 0 unspecified atom stereocenters. The Morgan fingerprint density at radius 2 is 2.16 bits per heavy atom. The number of pyridine rings is 1. The van der Waals surface area contributed by atoms with E-state index in [1.165, 1.54) is 0 Å². The van der Waals surface area contributed by atoms with Gasteiger partial charge in [0.2, 0.25) is 0 Å². The molecule has 31 heavy (non-hydrogen) atoms. The van der Waals surface area contributed by atoms with Crippen LogP contribution in [0.5, 0.6) is 0 Å². The van der Waals surface area contributed by atoms with Crippen LogP contribution in [0, 0.1) is 0 Å². The maximum Gasteiger partial charge on any atom is 0.323 e. The molecule has 4 rings (SSSR count). The summed E-state index contributed by atoms with van der Waals surface area (Å²) in [6.07, 6.45) is 12.5. The molecule has 0 radical (unpaired) electrons. The minimum Gasteiger partial charge on any atom is -0.350 e. The van der Waals surface area contributed by atoms with Gasteiger partial charge in [0, 0.05) is 56.0 Å². The molecule has 1 aliphatic heterocycles. The van der Waals surface area contributed by atoms with Crippen molar-refractivity contribution in [1.82, 2.24) is 34.3 Å². The highest BCUT2D eigenvalue weighted by molar-refractivity contribution is 7.10. The van der Waals surface area contributed by atoms with Crippen molar-refractivity contribution in [3.05, 3.63) is 54.5 Å². The number of urea groups is 1. The van der Waals surface area contributed by atoms with Crippen molar-refractivity contribution < 1.29 is 9.59 Å². The number of likely N-dealkylation sites (tertiary alicyclic amines) is 1. The molecule has 2 N–H and O–H groups in total. The third-order valence-electron chi connectivity index (χ3n) is 5.19.